The van der Waals surface area contributed by atoms with Crippen molar-refractivity contribution >= 4 is 33.3 Å². The van der Waals surface area contributed by atoms with Gasteiger partial charge in [-0.1, -0.05) is 72.8 Å². The number of nitrogens with one attached hydrogen (secondary N) is 1. The third kappa shape index (κ3) is 3.79. The molecule has 0 saturated heterocycles. The number of pyridine rings is 1. The van der Waals surface area contributed by atoms with E-state index in [1.807, 2.05) is 85.8 Å². The van der Waals surface area contributed by atoms with Crippen LogP contribution in [-0.4, -0.2) is 15.9 Å². The van der Waals surface area contributed by atoms with Gasteiger partial charge in [0.05, 0.1) is 22.5 Å². The van der Waals surface area contributed by atoms with Gasteiger partial charge in [-0.05, 0) is 31.5 Å². The van der Waals surface area contributed by atoms with Crippen molar-refractivity contribution in [1.82, 2.24) is 9.97 Å². The first kappa shape index (κ1) is 20.1. The van der Waals surface area contributed by atoms with Gasteiger partial charge in [0.2, 0.25) is 0 Å². The summed E-state index contributed by atoms with van der Waals surface area (Å²) in [7, 11) is 0. The molecule has 0 bridgehead atoms. The van der Waals surface area contributed by atoms with Crippen molar-refractivity contribution in [2.75, 3.05) is 5.32 Å². The fourth-order valence-corrected chi connectivity index (χ4v) is 4.67. The Morgan fingerprint density at radius 1 is 0.844 bits per heavy atom. The van der Waals surface area contributed by atoms with Gasteiger partial charge in [0.1, 0.15) is 0 Å². The Bertz CT molecular complexity index is 1440. The van der Waals surface area contributed by atoms with Crippen LogP contribution in [0.5, 0.6) is 0 Å². The Kier molecular flexibility index (Phi) is 5.25. The first-order valence-corrected chi connectivity index (χ1v) is 11.2. The highest BCUT2D eigenvalue weighted by atomic mass is 32.1. The summed E-state index contributed by atoms with van der Waals surface area (Å²) < 4.78 is 0. The van der Waals surface area contributed by atoms with Gasteiger partial charge in [0.25, 0.3) is 5.91 Å². The monoisotopic (exact) mass is 435 g/mol. The number of carbonyl (C=O) groups excluding carboxylic acids is 1. The van der Waals surface area contributed by atoms with Crippen molar-refractivity contribution in [3.63, 3.8) is 0 Å². The van der Waals surface area contributed by atoms with Gasteiger partial charge in [-0.3, -0.25) is 10.1 Å². The van der Waals surface area contributed by atoms with Crippen LogP contribution in [-0.2, 0) is 0 Å². The zero-order valence-electron chi connectivity index (χ0n) is 17.8. The summed E-state index contributed by atoms with van der Waals surface area (Å²) in [6.45, 7) is 4.07. The fourth-order valence-electron chi connectivity index (χ4n) is 3.84. The number of benzene rings is 3. The Balaban J connectivity index is 1.55. The summed E-state index contributed by atoms with van der Waals surface area (Å²) in [5.74, 6) is -0.188. The highest BCUT2D eigenvalue weighted by Crippen LogP contribution is 2.32. The van der Waals surface area contributed by atoms with Crippen LogP contribution in [0.2, 0.25) is 0 Å². The van der Waals surface area contributed by atoms with Crippen LogP contribution < -0.4 is 5.32 Å². The van der Waals surface area contributed by atoms with E-state index in [4.69, 9.17) is 9.97 Å². The number of rotatable bonds is 4. The number of hydrogen-bond donors (Lipinski definition) is 1. The minimum atomic E-state index is -0.188. The molecule has 0 aliphatic heterocycles. The van der Waals surface area contributed by atoms with Crippen LogP contribution in [0.15, 0.2) is 84.9 Å². The molecule has 2 heterocycles. The predicted octanol–water partition coefficient (Wildman–Crippen LogP) is 6.89. The summed E-state index contributed by atoms with van der Waals surface area (Å²) in [6.07, 6.45) is 0. The van der Waals surface area contributed by atoms with Crippen LogP contribution in [0, 0.1) is 13.8 Å². The number of hydrogen-bond acceptors (Lipinski definition) is 4. The van der Waals surface area contributed by atoms with Crippen LogP contribution >= 0.6 is 11.3 Å². The van der Waals surface area contributed by atoms with E-state index in [1.54, 1.807) is 0 Å². The van der Waals surface area contributed by atoms with Gasteiger partial charge in [0.15, 0.2) is 5.13 Å². The molecular weight excluding hydrogens is 414 g/mol. The molecule has 5 heteroatoms. The van der Waals surface area contributed by atoms with Gasteiger partial charge in [0, 0.05) is 21.4 Å². The highest BCUT2D eigenvalue weighted by molar-refractivity contribution is 7.16. The first-order valence-electron chi connectivity index (χ1n) is 10.4. The van der Waals surface area contributed by atoms with Crippen molar-refractivity contribution in [1.29, 1.82) is 0 Å². The molecule has 0 unspecified atom stereocenters. The number of fused-ring (bicyclic) bond motifs is 1. The van der Waals surface area contributed by atoms with E-state index in [0.717, 1.165) is 43.9 Å². The maximum atomic E-state index is 13.4. The third-order valence-corrected chi connectivity index (χ3v) is 6.33. The summed E-state index contributed by atoms with van der Waals surface area (Å²) in [5, 5.41) is 4.42. The molecule has 0 aliphatic carbocycles. The molecule has 0 fully saturated rings. The lowest BCUT2D eigenvalue weighted by molar-refractivity contribution is 0.102. The second kappa shape index (κ2) is 8.36. The number of para-hydroxylation sites is 1. The summed E-state index contributed by atoms with van der Waals surface area (Å²) in [6, 6.07) is 27.7. The first-order chi connectivity index (χ1) is 15.6. The van der Waals surface area contributed by atoms with Crippen molar-refractivity contribution in [3.8, 4) is 22.5 Å². The van der Waals surface area contributed by atoms with Crippen LogP contribution in [0.3, 0.4) is 0 Å². The van der Waals surface area contributed by atoms with E-state index in [9.17, 15) is 4.79 Å². The number of nitrogens with zero attached hydrogens (tertiary/aromatic N) is 2. The molecule has 0 saturated carbocycles. The number of carbonyl (C=O) groups is 1. The summed E-state index contributed by atoms with van der Waals surface area (Å²) in [4.78, 5) is 24.0. The van der Waals surface area contributed by atoms with Crippen molar-refractivity contribution in [3.05, 3.63) is 101 Å². The fraction of sp³-hybridized carbons (Fsp3) is 0.0741. The maximum Gasteiger partial charge on any atom is 0.258 e. The van der Waals surface area contributed by atoms with Gasteiger partial charge in [-0.2, -0.15) is 0 Å². The second-order valence-electron chi connectivity index (χ2n) is 7.63. The molecule has 1 N–H and O–H groups in total. The minimum absolute atomic E-state index is 0.188. The van der Waals surface area contributed by atoms with Crippen LogP contribution in [0.25, 0.3) is 33.4 Å². The topological polar surface area (TPSA) is 54.9 Å². The Morgan fingerprint density at radius 2 is 1.56 bits per heavy atom. The lowest BCUT2D eigenvalue weighted by atomic mass is 10.0. The van der Waals surface area contributed by atoms with Gasteiger partial charge >= 0.3 is 0 Å². The SMILES string of the molecule is Cc1ccccc1-c1cc(C(=O)Nc2nc(-c3ccccc3)c(C)s2)c2ccccc2n1. The molecule has 5 rings (SSSR count). The molecule has 0 spiro atoms. The number of anilines is 1. The lowest BCUT2D eigenvalue weighted by Gasteiger charge is -2.11. The van der Waals surface area contributed by atoms with E-state index in [0.29, 0.717) is 10.7 Å². The smallest absolute Gasteiger partial charge is 0.258 e. The molecule has 2 aromatic heterocycles. The van der Waals surface area contributed by atoms with Crippen molar-refractivity contribution in [2.45, 2.75) is 13.8 Å². The molecular formula is C27H21N3OS. The quantitative estimate of drug-likeness (QED) is 0.334. The lowest BCUT2D eigenvalue weighted by Crippen LogP contribution is -2.13. The average molecular weight is 436 g/mol. The second-order valence-corrected chi connectivity index (χ2v) is 8.83. The largest absolute Gasteiger partial charge is 0.298 e. The van der Waals surface area contributed by atoms with E-state index in [1.165, 1.54) is 11.3 Å². The Labute approximate surface area is 190 Å². The molecule has 0 aliphatic rings. The minimum Gasteiger partial charge on any atom is -0.298 e. The van der Waals surface area contributed by atoms with Crippen LogP contribution in [0.4, 0.5) is 5.13 Å². The summed E-state index contributed by atoms with van der Waals surface area (Å²) in [5.41, 5.74) is 6.23. The number of aryl methyl sites for hydroxylation is 2. The zero-order valence-corrected chi connectivity index (χ0v) is 18.6. The zero-order chi connectivity index (χ0) is 22.1. The van der Waals surface area contributed by atoms with E-state index in [2.05, 4.69) is 18.3 Å². The average Bonchev–Trinajstić information content (AvgIpc) is 3.19. The molecule has 32 heavy (non-hydrogen) atoms. The summed E-state index contributed by atoms with van der Waals surface area (Å²) >= 11 is 1.48. The normalized spacial score (nSPS) is 10.9. The van der Waals surface area contributed by atoms with Gasteiger partial charge in [-0.15, -0.1) is 11.3 Å². The molecule has 5 aromatic rings. The standard InChI is InChI=1S/C27H21N3OS/c1-17-10-6-7-13-20(17)24-16-22(21-14-8-9-15-23(21)28-24)26(31)30-27-29-25(18(2)32-27)19-11-4-3-5-12-19/h3-16H,1-2H3,(H,29,30,31). The molecule has 0 radical (unpaired) electrons. The highest BCUT2D eigenvalue weighted by Gasteiger charge is 2.17. The van der Waals surface area contributed by atoms with E-state index in [-0.39, 0.29) is 5.91 Å². The van der Waals surface area contributed by atoms with Crippen LogP contribution in [0.1, 0.15) is 20.8 Å². The van der Waals surface area contributed by atoms with Gasteiger partial charge < -0.3 is 0 Å². The van der Waals surface area contributed by atoms with Crippen molar-refractivity contribution in [2.24, 2.45) is 0 Å². The third-order valence-electron chi connectivity index (χ3n) is 5.45. The van der Waals surface area contributed by atoms with E-state index < -0.39 is 0 Å². The van der Waals surface area contributed by atoms with E-state index >= 15 is 0 Å². The molecule has 1 amide bonds. The molecule has 3 aromatic carbocycles. The van der Waals surface area contributed by atoms with Gasteiger partial charge in [-0.25, -0.2) is 9.97 Å². The predicted molar refractivity (Wildman–Crippen MR) is 132 cm³/mol. The molecule has 0 atom stereocenters. The Hall–Kier alpha value is -3.83. The number of aromatic nitrogens is 2. The van der Waals surface area contributed by atoms with Crippen molar-refractivity contribution < 1.29 is 4.79 Å². The number of amides is 1. The molecule has 4 nitrogen and oxygen atoms in total. The number of thiazole rings is 1. The maximum absolute atomic E-state index is 13.4. The molecule has 156 valence electrons. The Morgan fingerprint density at radius 3 is 2.38 bits per heavy atom.